The number of carbonyl (C=O) groups excluding carboxylic acids is 1. The maximum Gasteiger partial charge on any atom is 0.271 e. The maximum absolute atomic E-state index is 12.4. The largest absolute Gasteiger partial charge is 0.380 e. The lowest BCUT2D eigenvalue weighted by Crippen LogP contribution is -2.26. The number of allylic oxidation sites excluding steroid dienone is 1. The van der Waals surface area contributed by atoms with Crippen LogP contribution in [0.3, 0.4) is 0 Å². The molecule has 0 saturated heterocycles. The van der Waals surface area contributed by atoms with Crippen LogP contribution in [0.25, 0.3) is 5.57 Å². The van der Waals surface area contributed by atoms with E-state index >= 15 is 0 Å². The van der Waals surface area contributed by atoms with E-state index in [1.54, 1.807) is 24.3 Å². The van der Waals surface area contributed by atoms with Crippen LogP contribution < -0.4 is 5.43 Å². The first-order valence-corrected chi connectivity index (χ1v) is 9.62. The van der Waals surface area contributed by atoms with Crippen LogP contribution in [0.2, 0.25) is 5.02 Å². The van der Waals surface area contributed by atoms with E-state index in [1.165, 1.54) is 0 Å². The molecule has 0 aromatic heterocycles. The van der Waals surface area contributed by atoms with Crippen LogP contribution in [0.15, 0.2) is 96.1 Å². The van der Waals surface area contributed by atoms with E-state index in [2.05, 4.69) is 10.5 Å². The van der Waals surface area contributed by atoms with Crippen LogP contribution in [-0.2, 0) is 5.60 Å². The lowest BCUT2D eigenvalue weighted by molar-refractivity contribution is 0.0952. The Hall–Kier alpha value is -3.21. The fourth-order valence-electron chi connectivity index (χ4n) is 3.49. The Balaban J connectivity index is 1.66. The Morgan fingerprint density at radius 2 is 1.66 bits per heavy atom. The van der Waals surface area contributed by atoms with E-state index in [0.717, 1.165) is 16.7 Å². The number of rotatable bonds is 4. The zero-order chi connectivity index (χ0) is 20.3. The molecule has 0 bridgehead atoms. The monoisotopic (exact) mass is 402 g/mol. The molecule has 0 saturated carbocycles. The van der Waals surface area contributed by atoms with E-state index in [4.69, 9.17) is 11.6 Å². The van der Waals surface area contributed by atoms with Crippen molar-refractivity contribution in [1.82, 2.24) is 5.43 Å². The predicted octanol–water partition coefficient (Wildman–Crippen LogP) is 4.80. The van der Waals surface area contributed by atoms with Crippen molar-refractivity contribution in [3.63, 3.8) is 0 Å². The molecule has 0 aliphatic heterocycles. The SMILES string of the molecule is O=C(N/N=C1\C=C(c2ccccc2)C(O)(c2ccccc2)C1)c1cccc(Cl)c1. The zero-order valence-electron chi connectivity index (χ0n) is 15.5. The van der Waals surface area contributed by atoms with Crippen molar-refractivity contribution >= 4 is 28.8 Å². The van der Waals surface area contributed by atoms with Crippen LogP contribution in [0.5, 0.6) is 0 Å². The van der Waals surface area contributed by atoms with Crippen molar-refractivity contribution in [3.8, 4) is 0 Å². The molecule has 0 radical (unpaired) electrons. The van der Waals surface area contributed by atoms with Crippen LogP contribution in [0, 0.1) is 0 Å². The number of nitrogens with zero attached hydrogens (tertiary/aromatic N) is 1. The summed E-state index contributed by atoms with van der Waals surface area (Å²) in [4.78, 5) is 12.4. The quantitative estimate of drug-likeness (QED) is 0.616. The summed E-state index contributed by atoms with van der Waals surface area (Å²) in [6, 6.07) is 25.8. The summed E-state index contributed by atoms with van der Waals surface area (Å²) in [6.07, 6.45) is 2.09. The van der Waals surface area contributed by atoms with Crippen molar-refractivity contribution in [2.45, 2.75) is 12.0 Å². The lowest BCUT2D eigenvalue weighted by Gasteiger charge is -2.27. The third-order valence-electron chi connectivity index (χ3n) is 4.92. The molecule has 1 amide bonds. The average Bonchev–Trinajstić information content (AvgIpc) is 3.11. The molecular weight excluding hydrogens is 384 g/mol. The first kappa shape index (κ1) is 19.1. The Morgan fingerprint density at radius 3 is 2.34 bits per heavy atom. The van der Waals surface area contributed by atoms with Crippen molar-refractivity contribution < 1.29 is 9.90 Å². The van der Waals surface area contributed by atoms with E-state index in [9.17, 15) is 9.90 Å². The van der Waals surface area contributed by atoms with Gasteiger partial charge in [-0.2, -0.15) is 5.10 Å². The highest BCUT2D eigenvalue weighted by Crippen LogP contribution is 2.43. The van der Waals surface area contributed by atoms with Gasteiger partial charge < -0.3 is 5.11 Å². The van der Waals surface area contributed by atoms with Gasteiger partial charge in [-0.15, -0.1) is 0 Å². The van der Waals surface area contributed by atoms with Gasteiger partial charge >= 0.3 is 0 Å². The van der Waals surface area contributed by atoms with Gasteiger partial charge in [-0.05, 0) is 41.0 Å². The third-order valence-corrected chi connectivity index (χ3v) is 5.15. The normalized spacial score (nSPS) is 19.8. The fourth-order valence-corrected chi connectivity index (χ4v) is 3.68. The number of hydrogen-bond acceptors (Lipinski definition) is 3. The topological polar surface area (TPSA) is 61.7 Å². The zero-order valence-corrected chi connectivity index (χ0v) is 16.3. The number of halogens is 1. The number of nitrogens with one attached hydrogen (secondary N) is 1. The van der Waals surface area contributed by atoms with Gasteiger partial charge in [0.25, 0.3) is 5.91 Å². The highest BCUT2D eigenvalue weighted by atomic mass is 35.5. The van der Waals surface area contributed by atoms with Gasteiger partial charge in [-0.1, -0.05) is 78.3 Å². The standard InChI is InChI=1S/C24H19ClN2O2/c25-20-13-7-10-18(14-20)23(28)27-26-21-15-22(17-8-3-1-4-9-17)24(29,16-21)19-11-5-2-6-12-19/h1-15,29H,16H2,(H,27,28)/b26-21+. The number of benzene rings is 3. The average molecular weight is 403 g/mol. The molecule has 3 aromatic rings. The molecule has 1 unspecified atom stereocenters. The molecule has 0 heterocycles. The van der Waals surface area contributed by atoms with Gasteiger partial charge in [0.15, 0.2) is 0 Å². The van der Waals surface area contributed by atoms with Gasteiger partial charge in [0, 0.05) is 17.0 Å². The Labute approximate surface area is 174 Å². The first-order chi connectivity index (χ1) is 14.1. The molecular formula is C24H19ClN2O2. The third kappa shape index (κ3) is 3.99. The van der Waals surface area contributed by atoms with Crippen molar-refractivity contribution in [3.05, 3.63) is 113 Å². The summed E-state index contributed by atoms with van der Waals surface area (Å²) in [5.74, 6) is -0.357. The molecule has 4 nitrogen and oxygen atoms in total. The molecule has 0 fully saturated rings. The summed E-state index contributed by atoms with van der Waals surface area (Å²) < 4.78 is 0. The number of hydrogen-bond donors (Lipinski definition) is 2. The van der Waals surface area contributed by atoms with Crippen molar-refractivity contribution in [2.24, 2.45) is 5.10 Å². The summed E-state index contributed by atoms with van der Waals surface area (Å²) in [6.45, 7) is 0. The van der Waals surface area contributed by atoms with Gasteiger partial charge in [0.1, 0.15) is 5.60 Å². The van der Waals surface area contributed by atoms with Crippen molar-refractivity contribution in [1.29, 1.82) is 0 Å². The summed E-state index contributed by atoms with van der Waals surface area (Å²) in [5, 5.41) is 16.3. The van der Waals surface area contributed by atoms with Gasteiger partial charge in [-0.25, -0.2) is 5.43 Å². The second-order valence-electron chi connectivity index (χ2n) is 6.88. The van der Waals surface area contributed by atoms with Gasteiger partial charge in [0.05, 0.1) is 5.71 Å². The van der Waals surface area contributed by atoms with Crippen molar-refractivity contribution in [2.75, 3.05) is 0 Å². The lowest BCUT2D eigenvalue weighted by atomic mass is 9.84. The smallest absolute Gasteiger partial charge is 0.271 e. The number of amides is 1. The van der Waals surface area contributed by atoms with E-state index in [0.29, 0.717) is 16.3 Å². The van der Waals surface area contributed by atoms with Gasteiger partial charge in [-0.3, -0.25) is 4.79 Å². The van der Waals surface area contributed by atoms with E-state index in [-0.39, 0.29) is 12.3 Å². The van der Waals surface area contributed by atoms with Crippen LogP contribution in [0.4, 0.5) is 0 Å². The summed E-state index contributed by atoms with van der Waals surface area (Å²) >= 11 is 5.95. The molecule has 1 atom stereocenters. The Morgan fingerprint density at radius 1 is 0.966 bits per heavy atom. The van der Waals surface area contributed by atoms with Crippen LogP contribution in [0.1, 0.15) is 27.9 Å². The minimum absolute atomic E-state index is 0.261. The Kier molecular flexibility index (Phi) is 5.30. The first-order valence-electron chi connectivity index (χ1n) is 9.24. The molecule has 1 aliphatic carbocycles. The van der Waals surface area contributed by atoms with E-state index in [1.807, 2.05) is 66.7 Å². The molecule has 3 aromatic carbocycles. The minimum atomic E-state index is -1.22. The molecule has 0 spiro atoms. The summed E-state index contributed by atoms with van der Waals surface area (Å²) in [7, 11) is 0. The number of aliphatic hydroxyl groups is 1. The minimum Gasteiger partial charge on any atom is -0.380 e. The summed E-state index contributed by atoms with van der Waals surface area (Å²) in [5.41, 5.74) is 4.79. The molecule has 144 valence electrons. The number of carbonyl (C=O) groups is 1. The molecule has 29 heavy (non-hydrogen) atoms. The fraction of sp³-hybridized carbons (Fsp3) is 0.0833. The highest BCUT2D eigenvalue weighted by molar-refractivity contribution is 6.31. The number of hydrazone groups is 1. The predicted molar refractivity (Wildman–Crippen MR) is 116 cm³/mol. The molecule has 1 aliphatic rings. The van der Waals surface area contributed by atoms with Crippen LogP contribution >= 0.6 is 11.6 Å². The molecule has 4 rings (SSSR count). The molecule has 5 heteroatoms. The van der Waals surface area contributed by atoms with Crippen LogP contribution in [-0.4, -0.2) is 16.7 Å². The highest BCUT2D eigenvalue weighted by Gasteiger charge is 2.40. The second-order valence-corrected chi connectivity index (χ2v) is 7.32. The maximum atomic E-state index is 12.4. The Bertz CT molecular complexity index is 1090. The second kappa shape index (κ2) is 8.03. The van der Waals surface area contributed by atoms with Gasteiger partial charge in [0.2, 0.25) is 0 Å². The molecule has 2 N–H and O–H groups in total. The van der Waals surface area contributed by atoms with E-state index < -0.39 is 5.60 Å².